The molecule has 0 saturated carbocycles. The van der Waals surface area contributed by atoms with Gasteiger partial charge in [-0.2, -0.15) is 0 Å². The van der Waals surface area contributed by atoms with Gasteiger partial charge in [-0.15, -0.1) is 0 Å². The molecule has 0 aromatic heterocycles. The molecule has 0 heterocycles. The SMILES string of the molecule is CCCCCCCCCCCCCCCCCC(=O)OCCS[PH](=O)O. The second-order valence-electron chi connectivity index (χ2n) is 7.03. The van der Waals surface area contributed by atoms with E-state index in [0.29, 0.717) is 12.2 Å². The Hall–Kier alpha value is 0.01000. The molecular formula is C20H41O4PS. The smallest absolute Gasteiger partial charge is 0.305 e. The Labute approximate surface area is 165 Å². The highest BCUT2D eigenvalue weighted by Crippen LogP contribution is 2.31. The maximum Gasteiger partial charge on any atom is 0.305 e. The van der Waals surface area contributed by atoms with Gasteiger partial charge in [0, 0.05) is 12.2 Å². The lowest BCUT2D eigenvalue weighted by molar-refractivity contribution is -0.143. The molecule has 0 spiro atoms. The molecule has 0 amide bonds. The number of rotatable bonds is 20. The molecule has 4 nitrogen and oxygen atoms in total. The van der Waals surface area contributed by atoms with E-state index in [1.54, 1.807) is 0 Å². The third kappa shape index (κ3) is 22.1. The van der Waals surface area contributed by atoms with Crippen LogP contribution in [0.3, 0.4) is 0 Å². The summed E-state index contributed by atoms with van der Waals surface area (Å²) in [5, 5.41) is 0. The Bertz CT molecular complexity index is 340. The molecule has 0 saturated heterocycles. The van der Waals surface area contributed by atoms with Crippen molar-refractivity contribution in [1.82, 2.24) is 0 Å². The summed E-state index contributed by atoms with van der Waals surface area (Å²) in [5.41, 5.74) is 0. The maximum atomic E-state index is 11.5. The van der Waals surface area contributed by atoms with Crippen molar-refractivity contribution in [2.75, 3.05) is 12.4 Å². The van der Waals surface area contributed by atoms with Gasteiger partial charge >= 0.3 is 5.97 Å². The Morgan fingerprint density at radius 3 is 1.65 bits per heavy atom. The number of esters is 1. The maximum absolute atomic E-state index is 11.5. The van der Waals surface area contributed by atoms with Gasteiger partial charge in [0.05, 0.1) is 0 Å². The molecule has 0 aromatic rings. The first-order valence-corrected chi connectivity index (χ1v) is 13.7. The van der Waals surface area contributed by atoms with Crippen molar-refractivity contribution < 1.29 is 19.0 Å². The number of unbranched alkanes of at least 4 members (excludes halogenated alkanes) is 14. The predicted octanol–water partition coefficient (Wildman–Crippen LogP) is 6.91. The predicted molar refractivity (Wildman–Crippen MR) is 114 cm³/mol. The quantitative estimate of drug-likeness (QED) is 0.135. The van der Waals surface area contributed by atoms with E-state index in [9.17, 15) is 9.36 Å². The fourth-order valence-electron chi connectivity index (χ4n) is 3.00. The Morgan fingerprint density at radius 1 is 0.808 bits per heavy atom. The molecule has 1 unspecified atom stereocenters. The number of hydrogen-bond acceptors (Lipinski definition) is 4. The van der Waals surface area contributed by atoms with E-state index in [1.165, 1.54) is 83.5 Å². The number of ether oxygens (including phenoxy) is 1. The van der Waals surface area contributed by atoms with Gasteiger partial charge in [0.1, 0.15) is 6.61 Å². The lowest BCUT2D eigenvalue weighted by Gasteiger charge is -2.04. The van der Waals surface area contributed by atoms with Crippen molar-refractivity contribution in [2.45, 2.75) is 110 Å². The van der Waals surface area contributed by atoms with E-state index in [2.05, 4.69) is 6.92 Å². The van der Waals surface area contributed by atoms with Gasteiger partial charge < -0.3 is 9.63 Å². The molecule has 0 aliphatic rings. The zero-order chi connectivity index (χ0) is 19.3. The topological polar surface area (TPSA) is 63.6 Å². The summed E-state index contributed by atoms with van der Waals surface area (Å²) in [6.45, 7) is 2.50. The number of hydrogen-bond donors (Lipinski definition) is 1. The molecule has 26 heavy (non-hydrogen) atoms. The zero-order valence-corrected chi connectivity index (χ0v) is 18.6. The van der Waals surface area contributed by atoms with Crippen molar-refractivity contribution in [3.8, 4) is 0 Å². The van der Waals surface area contributed by atoms with Crippen LogP contribution in [0.5, 0.6) is 0 Å². The van der Waals surface area contributed by atoms with Crippen LogP contribution in [0, 0.1) is 0 Å². The van der Waals surface area contributed by atoms with Crippen LogP contribution < -0.4 is 0 Å². The molecule has 0 fully saturated rings. The van der Waals surface area contributed by atoms with Crippen LogP contribution in [0.25, 0.3) is 0 Å². The van der Waals surface area contributed by atoms with Crippen LogP contribution in [0.2, 0.25) is 0 Å². The molecule has 0 aromatic carbocycles. The van der Waals surface area contributed by atoms with Crippen molar-refractivity contribution in [2.24, 2.45) is 0 Å². The van der Waals surface area contributed by atoms with Crippen LogP contribution in [-0.2, 0) is 14.1 Å². The fourth-order valence-corrected chi connectivity index (χ4v) is 4.11. The fraction of sp³-hybridized carbons (Fsp3) is 0.950. The van der Waals surface area contributed by atoms with Crippen LogP contribution in [0.15, 0.2) is 0 Å². The molecule has 1 atom stereocenters. The van der Waals surface area contributed by atoms with Crippen molar-refractivity contribution in [1.29, 1.82) is 0 Å². The average molecular weight is 409 g/mol. The standard InChI is InChI=1S/C20H41O4PS/c1-2-3-4-5-6-7-8-9-10-11-12-13-14-15-16-17-20(21)24-18-19-26-25(22)23/h25H,2-19H2,1H3,(H,22,23). The molecule has 6 heteroatoms. The highest BCUT2D eigenvalue weighted by molar-refractivity contribution is 8.50. The third-order valence-electron chi connectivity index (χ3n) is 4.56. The van der Waals surface area contributed by atoms with Crippen LogP contribution in [0.4, 0.5) is 0 Å². The minimum atomic E-state index is -2.50. The van der Waals surface area contributed by atoms with Crippen molar-refractivity contribution in [3.63, 3.8) is 0 Å². The zero-order valence-electron chi connectivity index (χ0n) is 16.8. The van der Waals surface area contributed by atoms with Crippen molar-refractivity contribution in [3.05, 3.63) is 0 Å². The van der Waals surface area contributed by atoms with Gasteiger partial charge in [0.25, 0.3) is 0 Å². The largest absolute Gasteiger partial charge is 0.465 e. The summed E-state index contributed by atoms with van der Waals surface area (Å²) in [6, 6.07) is 0. The number of carbonyl (C=O) groups excluding carboxylic acids is 1. The molecular weight excluding hydrogens is 367 g/mol. The first-order chi connectivity index (χ1) is 12.7. The van der Waals surface area contributed by atoms with E-state index in [0.717, 1.165) is 24.2 Å². The normalized spacial score (nSPS) is 12.2. The number of carbonyl (C=O) groups is 1. The van der Waals surface area contributed by atoms with E-state index in [4.69, 9.17) is 9.63 Å². The molecule has 0 aliphatic carbocycles. The van der Waals surface area contributed by atoms with Crippen LogP contribution in [0.1, 0.15) is 110 Å². The Balaban J connectivity index is 3.12. The summed E-state index contributed by atoms with van der Waals surface area (Å²) in [7, 11) is -2.50. The van der Waals surface area contributed by atoms with Crippen LogP contribution >= 0.6 is 18.6 Å². The van der Waals surface area contributed by atoms with Gasteiger partial charge in [0.2, 0.25) is 7.23 Å². The van der Waals surface area contributed by atoms with Gasteiger partial charge in [-0.25, -0.2) is 0 Å². The van der Waals surface area contributed by atoms with Crippen LogP contribution in [-0.4, -0.2) is 23.2 Å². The lowest BCUT2D eigenvalue weighted by atomic mass is 10.0. The Morgan fingerprint density at radius 2 is 1.23 bits per heavy atom. The molecule has 0 aliphatic heterocycles. The summed E-state index contributed by atoms with van der Waals surface area (Å²) >= 11 is 0.947. The first kappa shape index (κ1) is 26.0. The van der Waals surface area contributed by atoms with E-state index in [-0.39, 0.29) is 12.6 Å². The molecule has 0 radical (unpaired) electrons. The third-order valence-corrected chi connectivity index (χ3v) is 6.53. The molecule has 1 N–H and O–H groups in total. The summed E-state index contributed by atoms with van der Waals surface area (Å²) in [6.07, 6.45) is 20.2. The van der Waals surface area contributed by atoms with Gasteiger partial charge in [-0.1, -0.05) is 108 Å². The first-order valence-electron chi connectivity index (χ1n) is 10.7. The Kier molecular flexibility index (Phi) is 21.3. The average Bonchev–Trinajstić information content (AvgIpc) is 2.62. The summed E-state index contributed by atoms with van der Waals surface area (Å²) in [4.78, 5) is 20.1. The highest BCUT2D eigenvalue weighted by atomic mass is 32.7. The van der Waals surface area contributed by atoms with Gasteiger partial charge in [-0.3, -0.25) is 9.36 Å². The van der Waals surface area contributed by atoms with Gasteiger partial charge in [0.15, 0.2) is 0 Å². The van der Waals surface area contributed by atoms with Gasteiger partial charge in [-0.05, 0) is 6.42 Å². The second-order valence-corrected chi connectivity index (χ2v) is 10.2. The van der Waals surface area contributed by atoms with E-state index in [1.807, 2.05) is 0 Å². The summed E-state index contributed by atoms with van der Waals surface area (Å²) in [5.74, 6) is 0.219. The minimum absolute atomic E-state index is 0.182. The molecule has 156 valence electrons. The minimum Gasteiger partial charge on any atom is -0.465 e. The molecule has 0 bridgehead atoms. The lowest BCUT2D eigenvalue weighted by Crippen LogP contribution is -2.06. The monoisotopic (exact) mass is 408 g/mol. The van der Waals surface area contributed by atoms with Crippen molar-refractivity contribution >= 4 is 24.6 Å². The van der Waals surface area contributed by atoms with E-state index < -0.39 is 7.23 Å². The summed E-state index contributed by atoms with van der Waals surface area (Å²) < 4.78 is 15.5. The second kappa shape index (κ2) is 21.3. The van der Waals surface area contributed by atoms with E-state index >= 15 is 0 Å². The molecule has 0 rings (SSSR count). The highest BCUT2D eigenvalue weighted by Gasteiger charge is 2.03.